The van der Waals surface area contributed by atoms with Crippen molar-refractivity contribution in [2.75, 3.05) is 31.1 Å². The summed E-state index contributed by atoms with van der Waals surface area (Å²) in [5.41, 5.74) is 4.37. The number of hydrogen-bond donors (Lipinski definition) is 0. The number of hydrogen-bond acceptors (Lipinski definition) is 5. The van der Waals surface area contributed by atoms with Gasteiger partial charge < -0.3 is 4.90 Å². The van der Waals surface area contributed by atoms with Crippen molar-refractivity contribution in [3.05, 3.63) is 64.5 Å². The van der Waals surface area contributed by atoms with Crippen LogP contribution in [0.15, 0.2) is 46.7 Å². The van der Waals surface area contributed by atoms with E-state index in [9.17, 15) is 17.2 Å². The summed E-state index contributed by atoms with van der Waals surface area (Å²) in [6, 6.07) is 8.74. The highest BCUT2D eigenvalue weighted by molar-refractivity contribution is 7.89. The van der Waals surface area contributed by atoms with Crippen molar-refractivity contribution >= 4 is 26.5 Å². The maximum atomic E-state index is 14.0. The van der Waals surface area contributed by atoms with Gasteiger partial charge >= 0.3 is 0 Å². The van der Waals surface area contributed by atoms with Crippen LogP contribution in [0.2, 0.25) is 0 Å². The number of anilines is 1. The Bertz CT molecular complexity index is 1190. The second kappa shape index (κ2) is 8.05. The van der Waals surface area contributed by atoms with E-state index in [0.29, 0.717) is 19.2 Å². The lowest BCUT2D eigenvalue weighted by Gasteiger charge is -2.33. The van der Waals surface area contributed by atoms with Gasteiger partial charge in [-0.05, 0) is 43.2 Å². The summed E-state index contributed by atoms with van der Waals surface area (Å²) in [5, 5.41) is 2.82. The molecular weight excluding hydrogens is 428 g/mol. The van der Waals surface area contributed by atoms with Gasteiger partial charge in [0.05, 0.1) is 5.69 Å². The molecular formula is C21H21F2N3O2S2. The van der Waals surface area contributed by atoms with E-state index < -0.39 is 26.6 Å². The number of sulfonamides is 1. The predicted molar refractivity (Wildman–Crippen MR) is 114 cm³/mol. The van der Waals surface area contributed by atoms with Gasteiger partial charge in [-0.25, -0.2) is 22.2 Å². The smallest absolute Gasteiger partial charge is 0.246 e. The Kier molecular flexibility index (Phi) is 5.61. The van der Waals surface area contributed by atoms with E-state index in [-0.39, 0.29) is 13.1 Å². The van der Waals surface area contributed by atoms with E-state index in [4.69, 9.17) is 4.98 Å². The zero-order valence-electron chi connectivity index (χ0n) is 16.6. The molecule has 2 heterocycles. The molecule has 0 bridgehead atoms. The minimum atomic E-state index is -4.01. The Balaban J connectivity index is 1.47. The SMILES string of the molecule is Cc1ccc(-c2csc(N3CCN(S(=O)(=O)c4ccc(F)cc4F)CC3)n2)cc1C. The van der Waals surface area contributed by atoms with E-state index >= 15 is 0 Å². The molecule has 158 valence electrons. The molecule has 1 saturated heterocycles. The molecule has 0 spiro atoms. The van der Waals surface area contributed by atoms with Crippen LogP contribution in [-0.2, 0) is 10.0 Å². The van der Waals surface area contributed by atoms with Crippen LogP contribution in [0.3, 0.4) is 0 Å². The Morgan fingerprint density at radius 1 is 0.967 bits per heavy atom. The molecule has 30 heavy (non-hydrogen) atoms. The lowest BCUT2D eigenvalue weighted by Crippen LogP contribution is -2.48. The molecule has 3 aromatic rings. The van der Waals surface area contributed by atoms with Gasteiger partial charge in [0, 0.05) is 43.2 Å². The third-order valence-corrected chi connectivity index (χ3v) is 8.15. The number of aromatic nitrogens is 1. The average molecular weight is 450 g/mol. The van der Waals surface area contributed by atoms with E-state index in [0.717, 1.165) is 28.5 Å². The van der Waals surface area contributed by atoms with Crippen LogP contribution in [0.5, 0.6) is 0 Å². The van der Waals surface area contributed by atoms with Crippen molar-refractivity contribution < 1.29 is 17.2 Å². The maximum Gasteiger partial charge on any atom is 0.246 e. The molecule has 0 amide bonds. The Hall–Kier alpha value is -2.36. The monoisotopic (exact) mass is 449 g/mol. The van der Waals surface area contributed by atoms with Crippen molar-refractivity contribution in [1.29, 1.82) is 0 Å². The number of aryl methyl sites for hydroxylation is 2. The minimum absolute atomic E-state index is 0.206. The van der Waals surface area contributed by atoms with Gasteiger partial charge in [-0.3, -0.25) is 0 Å². The van der Waals surface area contributed by atoms with Crippen LogP contribution < -0.4 is 4.90 Å². The summed E-state index contributed by atoms with van der Waals surface area (Å²) in [4.78, 5) is 6.25. The zero-order chi connectivity index (χ0) is 21.5. The Morgan fingerprint density at radius 3 is 2.37 bits per heavy atom. The second-order valence-electron chi connectivity index (χ2n) is 7.28. The molecule has 1 aliphatic rings. The highest BCUT2D eigenvalue weighted by atomic mass is 32.2. The molecule has 0 unspecified atom stereocenters. The molecule has 0 atom stereocenters. The Morgan fingerprint density at radius 2 is 1.70 bits per heavy atom. The molecule has 0 aliphatic carbocycles. The topological polar surface area (TPSA) is 53.5 Å². The molecule has 0 radical (unpaired) electrons. The summed E-state index contributed by atoms with van der Waals surface area (Å²) in [6.07, 6.45) is 0. The predicted octanol–water partition coefficient (Wildman–Crippen LogP) is 4.22. The third-order valence-electron chi connectivity index (χ3n) is 5.32. The lowest BCUT2D eigenvalue weighted by atomic mass is 10.1. The van der Waals surface area contributed by atoms with E-state index in [1.807, 2.05) is 16.3 Å². The van der Waals surface area contributed by atoms with Crippen molar-refractivity contribution in [3.8, 4) is 11.3 Å². The Labute approximate surface area is 178 Å². The normalized spacial score (nSPS) is 15.5. The first-order valence-corrected chi connectivity index (χ1v) is 11.8. The molecule has 1 aromatic heterocycles. The molecule has 0 N–H and O–H groups in total. The zero-order valence-corrected chi connectivity index (χ0v) is 18.2. The number of halogens is 2. The third kappa shape index (κ3) is 3.97. The summed E-state index contributed by atoms with van der Waals surface area (Å²) >= 11 is 1.52. The van der Waals surface area contributed by atoms with Gasteiger partial charge in [0.15, 0.2) is 5.13 Å². The van der Waals surface area contributed by atoms with Crippen molar-refractivity contribution in [3.63, 3.8) is 0 Å². The van der Waals surface area contributed by atoms with Crippen LogP contribution in [0.4, 0.5) is 13.9 Å². The summed E-state index contributed by atoms with van der Waals surface area (Å²) in [5.74, 6) is -1.88. The molecule has 4 rings (SSSR count). The quantitative estimate of drug-likeness (QED) is 0.599. The van der Waals surface area contributed by atoms with Gasteiger partial charge in [0.1, 0.15) is 16.5 Å². The van der Waals surface area contributed by atoms with Crippen molar-refractivity contribution in [2.45, 2.75) is 18.7 Å². The number of nitrogens with zero attached hydrogens (tertiary/aromatic N) is 3. The second-order valence-corrected chi connectivity index (χ2v) is 10.0. The van der Waals surface area contributed by atoms with E-state index in [2.05, 4.69) is 26.0 Å². The minimum Gasteiger partial charge on any atom is -0.345 e. The first-order valence-electron chi connectivity index (χ1n) is 9.49. The van der Waals surface area contributed by atoms with Gasteiger partial charge in [-0.15, -0.1) is 11.3 Å². The molecule has 0 saturated carbocycles. The highest BCUT2D eigenvalue weighted by Crippen LogP contribution is 2.30. The average Bonchev–Trinajstić information content (AvgIpc) is 3.20. The van der Waals surface area contributed by atoms with Crippen LogP contribution in [0.1, 0.15) is 11.1 Å². The fourth-order valence-electron chi connectivity index (χ4n) is 3.39. The molecule has 1 aliphatic heterocycles. The van der Waals surface area contributed by atoms with Gasteiger partial charge in [0.25, 0.3) is 0 Å². The molecule has 2 aromatic carbocycles. The van der Waals surface area contributed by atoms with Crippen LogP contribution in [0.25, 0.3) is 11.3 Å². The van der Waals surface area contributed by atoms with Gasteiger partial charge in [-0.1, -0.05) is 12.1 Å². The number of thiazole rings is 1. The van der Waals surface area contributed by atoms with E-state index in [1.165, 1.54) is 26.8 Å². The van der Waals surface area contributed by atoms with E-state index in [1.54, 1.807) is 0 Å². The van der Waals surface area contributed by atoms with Crippen molar-refractivity contribution in [1.82, 2.24) is 9.29 Å². The standard InChI is InChI=1S/C21H21F2N3O2S2/c1-14-3-4-16(11-15(14)2)19-13-29-21(24-19)25-7-9-26(10-8-25)30(27,28)20-6-5-17(22)12-18(20)23/h3-6,11-13H,7-10H2,1-2H3. The van der Waals surface area contributed by atoms with Crippen LogP contribution >= 0.6 is 11.3 Å². The number of benzene rings is 2. The molecule has 1 fully saturated rings. The number of rotatable bonds is 4. The van der Waals surface area contributed by atoms with Gasteiger partial charge in [0.2, 0.25) is 10.0 Å². The summed E-state index contributed by atoms with van der Waals surface area (Å²) in [6.45, 7) is 5.44. The lowest BCUT2D eigenvalue weighted by molar-refractivity contribution is 0.382. The highest BCUT2D eigenvalue weighted by Gasteiger charge is 2.31. The fraction of sp³-hybridized carbons (Fsp3) is 0.286. The van der Waals surface area contributed by atoms with Crippen LogP contribution in [-0.4, -0.2) is 43.9 Å². The van der Waals surface area contributed by atoms with Crippen LogP contribution in [0, 0.1) is 25.5 Å². The first kappa shape index (κ1) is 20.9. The largest absolute Gasteiger partial charge is 0.345 e. The summed E-state index contributed by atoms with van der Waals surface area (Å²) in [7, 11) is -4.01. The first-order chi connectivity index (χ1) is 14.3. The van der Waals surface area contributed by atoms with Gasteiger partial charge in [-0.2, -0.15) is 4.31 Å². The maximum absolute atomic E-state index is 14.0. The summed E-state index contributed by atoms with van der Waals surface area (Å²) < 4.78 is 53.8. The fourth-order valence-corrected chi connectivity index (χ4v) is 5.74. The molecule has 9 heteroatoms. The van der Waals surface area contributed by atoms with Crippen molar-refractivity contribution in [2.24, 2.45) is 0 Å². The number of piperazine rings is 1. The molecule has 5 nitrogen and oxygen atoms in total.